The van der Waals surface area contributed by atoms with Crippen LogP contribution in [-0.4, -0.2) is 26.4 Å². The molecule has 6 nitrogen and oxygen atoms in total. The largest absolute Gasteiger partial charge is 0.481 e. The number of halogens is 3. The lowest BCUT2D eigenvalue weighted by molar-refractivity contribution is -0.136. The second kappa shape index (κ2) is 9.78. The van der Waals surface area contributed by atoms with Crippen molar-refractivity contribution < 1.29 is 23.1 Å². The van der Waals surface area contributed by atoms with E-state index in [1.165, 1.54) is 16.7 Å². The highest BCUT2D eigenvalue weighted by Crippen LogP contribution is 2.37. The third-order valence-electron chi connectivity index (χ3n) is 4.40. The van der Waals surface area contributed by atoms with Gasteiger partial charge in [-0.3, -0.25) is 14.2 Å². The summed E-state index contributed by atoms with van der Waals surface area (Å²) in [5, 5.41) is 11.1. The number of hydrogen-bond donors (Lipinski definition) is 2. The van der Waals surface area contributed by atoms with Gasteiger partial charge in [-0.25, -0.2) is 4.98 Å². The summed E-state index contributed by atoms with van der Waals surface area (Å²) >= 11 is 0.629. The number of benzene rings is 1. The molecule has 2 N–H and O–H groups in total. The molecule has 0 spiro atoms. The number of fused-ring (bicyclic) bond motifs is 1. The monoisotopic (exact) mass is 473 g/mol. The van der Waals surface area contributed by atoms with Gasteiger partial charge in [0.15, 0.2) is 11.1 Å². The summed E-state index contributed by atoms with van der Waals surface area (Å²) in [6.45, 7) is 7.28. The predicted octanol–water partition coefficient (Wildman–Crippen LogP) is 5.25. The normalized spacial score (nSPS) is 11.9. The first-order valence-electron chi connectivity index (χ1n) is 9.46. The molecule has 1 aromatic carbocycles. The van der Waals surface area contributed by atoms with Gasteiger partial charge in [0.05, 0.1) is 21.7 Å². The Labute approximate surface area is 190 Å². The second-order valence-electron chi connectivity index (χ2n) is 6.64. The van der Waals surface area contributed by atoms with Gasteiger partial charge in [0, 0.05) is 17.5 Å². The summed E-state index contributed by atoms with van der Waals surface area (Å²) in [7, 11) is 0. The summed E-state index contributed by atoms with van der Waals surface area (Å²) in [6, 6.07) is 10.1. The molecule has 0 atom stereocenters. The molecule has 3 aromatic rings. The highest BCUT2D eigenvalue weighted by Gasteiger charge is 2.35. The van der Waals surface area contributed by atoms with Gasteiger partial charge in [0.1, 0.15) is 5.82 Å². The molecule has 33 heavy (non-hydrogen) atoms. The number of hydrogen-bond acceptors (Lipinski definition) is 5. The van der Waals surface area contributed by atoms with Gasteiger partial charge in [-0.2, -0.15) is 13.2 Å². The minimum atomic E-state index is -4.86. The van der Waals surface area contributed by atoms with Crippen LogP contribution in [0.15, 0.2) is 89.4 Å². The second-order valence-corrected chi connectivity index (χ2v) is 7.63. The first-order valence-corrected chi connectivity index (χ1v) is 10.4. The molecule has 2 heterocycles. The molecule has 0 amide bonds. The number of allylic oxidation sites excluding steroid dienone is 3. The van der Waals surface area contributed by atoms with E-state index in [0.717, 1.165) is 6.07 Å². The van der Waals surface area contributed by atoms with E-state index in [9.17, 15) is 22.8 Å². The molecule has 170 valence electrons. The molecule has 0 radical (unpaired) electrons. The molecule has 0 aliphatic heterocycles. The van der Waals surface area contributed by atoms with Crippen molar-refractivity contribution in [1.29, 1.82) is 0 Å². The maximum absolute atomic E-state index is 13.9. The average molecular weight is 473 g/mol. The first-order chi connectivity index (χ1) is 15.7. The van der Waals surface area contributed by atoms with Crippen LogP contribution in [0.2, 0.25) is 0 Å². The van der Waals surface area contributed by atoms with Crippen LogP contribution in [0, 0.1) is 0 Å². The molecule has 2 aromatic heterocycles. The fourth-order valence-electron chi connectivity index (χ4n) is 3.09. The van der Waals surface area contributed by atoms with E-state index in [4.69, 9.17) is 5.11 Å². The number of thioether (sulfide) groups is 1. The number of rotatable bonds is 8. The zero-order valence-corrected chi connectivity index (χ0v) is 17.9. The molecular formula is C23H18F3N3O3S. The van der Waals surface area contributed by atoms with Gasteiger partial charge < -0.3 is 10.4 Å². The first kappa shape index (κ1) is 23.9. The summed E-state index contributed by atoms with van der Waals surface area (Å²) in [5.41, 5.74) is -1.46. The number of aromatic nitrogens is 2. The Balaban J connectivity index is 2.45. The molecule has 0 bridgehead atoms. The van der Waals surface area contributed by atoms with E-state index < -0.39 is 34.3 Å². The summed E-state index contributed by atoms with van der Waals surface area (Å²) in [5.74, 6) is -1.56. The third kappa shape index (κ3) is 5.35. The van der Waals surface area contributed by atoms with E-state index in [2.05, 4.69) is 23.5 Å². The molecule has 0 fully saturated rings. The topological polar surface area (TPSA) is 84.2 Å². The minimum Gasteiger partial charge on any atom is -0.481 e. The highest BCUT2D eigenvalue weighted by molar-refractivity contribution is 7.99. The fraction of sp³-hybridized carbons (Fsp3) is 0.0870. The number of nitrogens with zero attached hydrogens (tertiary/aromatic N) is 2. The van der Waals surface area contributed by atoms with Crippen LogP contribution in [0.1, 0.15) is 5.56 Å². The molecule has 0 aliphatic carbocycles. The Bertz CT molecular complexity index is 1320. The number of nitrogens with one attached hydrogen (secondary N) is 1. The quantitative estimate of drug-likeness (QED) is 0.344. The maximum atomic E-state index is 13.9. The SMILES string of the molecule is C=C/C=C(\C=C)Nc1cc(=O)c2c(C(F)(F)F)cc(SCC(=O)O)nc2n1-c1ccccc1. The number of carboxylic acids is 1. The van der Waals surface area contributed by atoms with Crippen LogP contribution in [0.4, 0.5) is 19.0 Å². The van der Waals surface area contributed by atoms with Crippen LogP contribution in [0.25, 0.3) is 16.7 Å². The molecular weight excluding hydrogens is 455 g/mol. The van der Waals surface area contributed by atoms with Crippen molar-refractivity contribution in [3.63, 3.8) is 0 Å². The zero-order valence-electron chi connectivity index (χ0n) is 17.1. The molecule has 0 saturated carbocycles. The smallest absolute Gasteiger partial charge is 0.417 e. The number of pyridine rings is 2. The molecule has 0 aliphatic rings. The van der Waals surface area contributed by atoms with Crippen LogP contribution < -0.4 is 10.7 Å². The summed E-state index contributed by atoms with van der Waals surface area (Å²) in [6.07, 6.45) is -0.349. The minimum absolute atomic E-state index is 0.146. The van der Waals surface area contributed by atoms with Crippen molar-refractivity contribution in [2.75, 3.05) is 11.1 Å². The number of para-hydroxylation sites is 1. The summed E-state index contributed by atoms with van der Waals surface area (Å²) < 4.78 is 43.1. The highest BCUT2D eigenvalue weighted by atomic mass is 32.2. The van der Waals surface area contributed by atoms with Gasteiger partial charge in [0.25, 0.3) is 0 Å². The Morgan fingerprint density at radius 3 is 2.48 bits per heavy atom. The Morgan fingerprint density at radius 2 is 1.91 bits per heavy atom. The number of anilines is 1. The molecule has 0 saturated heterocycles. The number of alkyl halides is 3. The summed E-state index contributed by atoms with van der Waals surface area (Å²) in [4.78, 5) is 28.1. The van der Waals surface area contributed by atoms with Crippen molar-refractivity contribution in [2.24, 2.45) is 0 Å². The van der Waals surface area contributed by atoms with Crippen LogP contribution in [0.3, 0.4) is 0 Å². The van der Waals surface area contributed by atoms with E-state index in [-0.39, 0.29) is 16.5 Å². The van der Waals surface area contributed by atoms with E-state index in [0.29, 0.717) is 29.2 Å². The number of carbonyl (C=O) groups is 1. The Kier molecular flexibility index (Phi) is 7.07. The standard InChI is InChI=1S/C23H18F3N3O3S/c1-3-8-14(4-2)27-18-12-17(30)21-16(23(24,25)26)11-19(33-13-20(31)32)28-22(21)29(18)15-9-6-5-7-10-15/h3-12,27H,1-2,13H2,(H,31,32)/b14-8+. The van der Waals surface area contributed by atoms with E-state index >= 15 is 0 Å². The zero-order chi connectivity index (χ0) is 24.2. The Morgan fingerprint density at radius 1 is 1.21 bits per heavy atom. The maximum Gasteiger partial charge on any atom is 0.417 e. The third-order valence-corrected chi connectivity index (χ3v) is 5.29. The lowest BCUT2D eigenvalue weighted by atomic mass is 10.1. The van der Waals surface area contributed by atoms with Crippen molar-refractivity contribution in [3.05, 3.63) is 95.3 Å². The van der Waals surface area contributed by atoms with Crippen molar-refractivity contribution in [3.8, 4) is 5.69 Å². The molecule has 3 rings (SSSR count). The van der Waals surface area contributed by atoms with Gasteiger partial charge >= 0.3 is 12.1 Å². The van der Waals surface area contributed by atoms with Gasteiger partial charge in [-0.15, -0.1) is 0 Å². The van der Waals surface area contributed by atoms with Gasteiger partial charge in [0.2, 0.25) is 0 Å². The number of aliphatic carboxylic acids is 1. The molecule has 0 unspecified atom stereocenters. The van der Waals surface area contributed by atoms with Crippen molar-refractivity contribution >= 4 is 34.6 Å². The van der Waals surface area contributed by atoms with Crippen LogP contribution in [0.5, 0.6) is 0 Å². The van der Waals surface area contributed by atoms with E-state index in [1.54, 1.807) is 36.4 Å². The van der Waals surface area contributed by atoms with Crippen LogP contribution >= 0.6 is 11.8 Å². The van der Waals surface area contributed by atoms with Crippen LogP contribution in [-0.2, 0) is 11.0 Å². The lowest BCUT2D eigenvalue weighted by Gasteiger charge is -2.20. The predicted molar refractivity (Wildman–Crippen MR) is 123 cm³/mol. The van der Waals surface area contributed by atoms with Gasteiger partial charge in [-0.05, 0) is 30.4 Å². The van der Waals surface area contributed by atoms with E-state index in [1.807, 2.05) is 0 Å². The van der Waals surface area contributed by atoms with Crippen molar-refractivity contribution in [2.45, 2.75) is 11.2 Å². The number of carboxylic acid groups (broad SMARTS) is 1. The van der Waals surface area contributed by atoms with Crippen molar-refractivity contribution in [1.82, 2.24) is 9.55 Å². The lowest BCUT2D eigenvalue weighted by Crippen LogP contribution is -2.19. The fourth-order valence-corrected chi connectivity index (χ4v) is 3.71. The molecule has 10 heteroatoms. The van der Waals surface area contributed by atoms with Gasteiger partial charge in [-0.1, -0.05) is 49.2 Å². The average Bonchev–Trinajstić information content (AvgIpc) is 2.76. The Hall–Kier alpha value is -3.79.